The van der Waals surface area contributed by atoms with Gasteiger partial charge in [-0.3, -0.25) is 0 Å². The van der Waals surface area contributed by atoms with Crippen LogP contribution in [0.1, 0.15) is 22.8 Å². The first-order valence-electron chi connectivity index (χ1n) is 3.89. The molecule has 13 heavy (non-hydrogen) atoms. The molecule has 0 spiro atoms. The van der Waals surface area contributed by atoms with Crippen molar-refractivity contribution in [1.29, 1.82) is 0 Å². The van der Waals surface area contributed by atoms with E-state index in [2.05, 4.69) is 0 Å². The number of hydrogen-bond donors (Lipinski definition) is 2. The van der Waals surface area contributed by atoms with E-state index in [9.17, 15) is 4.79 Å². The molecule has 0 saturated heterocycles. The second-order valence-corrected chi connectivity index (χ2v) is 3.63. The summed E-state index contributed by atoms with van der Waals surface area (Å²) in [6.07, 6.45) is 0. The number of esters is 1. The summed E-state index contributed by atoms with van der Waals surface area (Å²) >= 11 is 1.20. The topological polar surface area (TPSA) is 78.3 Å². The van der Waals surface area contributed by atoms with Crippen molar-refractivity contribution in [3.8, 4) is 0 Å². The Morgan fingerprint density at radius 1 is 1.46 bits per heavy atom. The maximum absolute atomic E-state index is 11.3. The molecule has 0 radical (unpaired) electrons. The van der Waals surface area contributed by atoms with Gasteiger partial charge in [-0.1, -0.05) is 0 Å². The fourth-order valence-electron chi connectivity index (χ4n) is 1.01. The van der Waals surface area contributed by atoms with Crippen LogP contribution in [0.25, 0.3) is 0 Å². The molecule has 0 aliphatic carbocycles. The number of anilines is 2. The predicted molar refractivity (Wildman–Crippen MR) is 53.8 cm³/mol. The number of nitrogens with two attached hydrogens (primary N) is 2. The van der Waals surface area contributed by atoms with E-state index >= 15 is 0 Å². The summed E-state index contributed by atoms with van der Waals surface area (Å²) in [5, 5.41) is 0.994. The van der Waals surface area contributed by atoms with Gasteiger partial charge in [0.1, 0.15) is 5.00 Å². The van der Waals surface area contributed by atoms with Crippen molar-refractivity contribution < 1.29 is 9.53 Å². The normalized spacial score (nSPS) is 10.0. The Hall–Kier alpha value is -1.23. The predicted octanol–water partition coefficient (Wildman–Crippen LogP) is 1.40. The van der Waals surface area contributed by atoms with Gasteiger partial charge in [0.2, 0.25) is 0 Å². The summed E-state index contributed by atoms with van der Waals surface area (Å²) in [6.45, 7) is 3.85. The van der Waals surface area contributed by atoms with Gasteiger partial charge in [-0.05, 0) is 19.4 Å². The van der Waals surface area contributed by atoms with Crippen molar-refractivity contribution in [1.82, 2.24) is 0 Å². The minimum Gasteiger partial charge on any atom is -0.462 e. The number of nitrogen functional groups attached to an aromatic ring is 2. The van der Waals surface area contributed by atoms with Crippen molar-refractivity contribution in [3.63, 3.8) is 0 Å². The second kappa shape index (κ2) is 3.66. The van der Waals surface area contributed by atoms with E-state index in [-0.39, 0.29) is 0 Å². The van der Waals surface area contributed by atoms with Gasteiger partial charge >= 0.3 is 5.97 Å². The lowest BCUT2D eigenvalue weighted by atomic mass is 10.2. The lowest BCUT2D eigenvalue weighted by Crippen LogP contribution is -2.07. The van der Waals surface area contributed by atoms with Gasteiger partial charge in [0.25, 0.3) is 0 Å². The Labute approximate surface area is 80.5 Å². The number of thiophene rings is 1. The first-order valence-corrected chi connectivity index (χ1v) is 4.71. The highest BCUT2D eigenvalue weighted by molar-refractivity contribution is 7.20. The van der Waals surface area contributed by atoms with Gasteiger partial charge in [0, 0.05) is 0 Å². The van der Waals surface area contributed by atoms with E-state index in [1.807, 2.05) is 0 Å². The maximum atomic E-state index is 11.3. The van der Waals surface area contributed by atoms with Gasteiger partial charge in [0.05, 0.1) is 17.2 Å². The summed E-state index contributed by atoms with van der Waals surface area (Å²) in [5.41, 5.74) is 12.3. The van der Waals surface area contributed by atoms with Crippen LogP contribution in [0, 0.1) is 6.92 Å². The van der Waals surface area contributed by atoms with Crippen LogP contribution < -0.4 is 11.5 Å². The second-order valence-electron chi connectivity index (χ2n) is 2.55. The zero-order valence-electron chi connectivity index (χ0n) is 7.59. The van der Waals surface area contributed by atoms with Gasteiger partial charge in [-0.15, -0.1) is 11.3 Å². The van der Waals surface area contributed by atoms with E-state index < -0.39 is 5.97 Å². The van der Waals surface area contributed by atoms with Crippen molar-refractivity contribution in [2.75, 3.05) is 18.1 Å². The zero-order chi connectivity index (χ0) is 10.0. The Bertz CT molecular complexity index is 333. The monoisotopic (exact) mass is 200 g/mol. The average molecular weight is 200 g/mol. The van der Waals surface area contributed by atoms with Crippen molar-refractivity contribution in [3.05, 3.63) is 11.1 Å². The highest BCUT2D eigenvalue weighted by Crippen LogP contribution is 2.32. The van der Waals surface area contributed by atoms with Crippen molar-refractivity contribution >= 4 is 27.3 Å². The molecule has 0 aromatic carbocycles. The van der Waals surface area contributed by atoms with E-state index in [4.69, 9.17) is 16.2 Å². The molecular formula is C8H12N2O2S. The molecule has 4 N–H and O–H groups in total. The summed E-state index contributed by atoms with van der Waals surface area (Å²) in [5.74, 6) is -0.398. The Balaban J connectivity index is 3.06. The molecule has 0 unspecified atom stereocenters. The molecule has 0 saturated carbocycles. The molecule has 0 amide bonds. The lowest BCUT2D eigenvalue weighted by Gasteiger charge is -2.01. The molecule has 4 nitrogen and oxygen atoms in total. The van der Waals surface area contributed by atoms with Crippen LogP contribution in [0.5, 0.6) is 0 Å². The van der Waals surface area contributed by atoms with Crippen molar-refractivity contribution in [2.45, 2.75) is 13.8 Å². The number of hydrogen-bond acceptors (Lipinski definition) is 5. The number of carbonyl (C=O) groups excluding carboxylic acids is 1. The molecule has 5 heteroatoms. The van der Waals surface area contributed by atoms with E-state index in [0.29, 0.717) is 27.7 Å². The van der Waals surface area contributed by atoms with E-state index in [1.165, 1.54) is 11.3 Å². The Morgan fingerprint density at radius 3 is 2.46 bits per heavy atom. The van der Waals surface area contributed by atoms with Crippen LogP contribution in [-0.2, 0) is 4.74 Å². The van der Waals surface area contributed by atoms with Gasteiger partial charge in [-0.2, -0.15) is 0 Å². The van der Waals surface area contributed by atoms with E-state index in [0.717, 1.165) is 0 Å². The summed E-state index contributed by atoms with van der Waals surface area (Å²) < 4.78 is 4.84. The van der Waals surface area contributed by atoms with Crippen LogP contribution in [0.4, 0.5) is 10.0 Å². The molecule has 0 atom stereocenters. The number of rotatable bonds is 2. The molecule has 0 aliphatic heterocycles. The summed E-state index contributed by atoms with van der Waals surface area (Å²) in [7, 11) is 0. The molecule has 1 rings (SSSR count). The molecule has 0 bridgehead atoms. The summed E-state index contributed by atoms with van der Waals surface area (Å²) in [6, 6.07) is 0. The smallest absolute Gasteiger partial charge is 0.341 e. The average Bonchev–Trinajstić information content (AvgIpc) is 2.27. The van der Waals surface area contributed by atoms with Crippen LogP contribution in [-0.4, -0.2) is 12.6 Å². The molecule has 0 fully saturated rings. The first kappa shape index (κ1) is 9.85. The van der Waals surface area contributed by atoms with Gasteiger partial charge in [0.15, 0.2) is 0 Å². The Morgan fingerprint density at radius 2 is 2.08 bits per heavy atom. The molecule has 1 heterocycles. The fraction of sp³-hybridized carbons (Fsp3) is 0.375. The molecule has 1 aromatic rings. The lowest BCUT2D eigenvalue weighted by molar-refractivity contribution is 0.0527. The minimum absolute atomic E-state index is 0.341. The van der Waals surface area contributed by atoms with Crippen molar-refractivity contribution in [2.24, 2.45) is 0 Å². The number of carbonyl (C=O) groups is 1. The molecule has 0 aliphatic rings. The standard InChI is InChI=1S/C8H12N2O2S/c1-3-12-8(11)5-4(2)6(9)13-7(5)10/h3,9-10H2,1-2H3. The SMILES string of the molecule is CCOC(=O)c1c(N)sc(N)c1C. The Kier molecular flexibility index (Phi) is 2.77. The van der Waals surface area contributed by atoms with E-state index in [1.54, 1.807) is 13.8 Å². The fourth-order valence-corrected chi connectivity index (χ4v) is 1.84. The molecular weight excluding hydrogens is 188 g/mol. The molecule has 1 aromatic heterocycles. The van der Waals surface area contributed by atoms with Crippen LogP contribution >= 0.6 is 11.3 Å². The third-order valence-electron chi connectivity index (χ3n) is 1.69. The largest absolute Gasteiger partial charge is 0.462 e. The third kappa shape index (κ3) is 1.75. The molecule has 72 valence electrons. The van der Waals surface area contributed by atoms with Crippen LogP contribution in [0.2, 0.25) is 0 Å². The number of ether oxygens (including phenoxy) is 1. The quantitative estimate of drug-likeness (QED) is 0.707. The summed E-state index contributed by atoms with van der Waals surface area (Å²) in [4.78, 5) is 11.3. The third-order valence-corrected chi connectivity index (χ3v) is 2.64. The maximum Gasteiger partial charge on any atom is 0.341 e. The van der Waals surface area contributed by atoms with Gasteiger partial charge < -0.3 is 16.2 Å². The highest BCUT2D eigenvalue weighted by Gasteiger charge is 2.18. The van der Waals surface area contributed by atoms with Gasteiger partial charge in [-0.25, -0.2) is 4.79 Å². The minimum atomic E-state index is -0.398. The first-order chi connectivity index (χ1) is 6.07. The zero-order valence-corrected chi connectivity index (χ0v) is 8.40. The highest BCUT2D eigenvalue weighted by atomic mass is 32.1. The van der Waals surface area contributed by atoms with Crippen LogP contribution in [0.15, 0.2) is 0 Å². The van der Waals surface area contributed by atoms with Crippen LogP contribution in [0.3, 0.4) is 0 Å².